The lowest BCUT2D eigenvalue weighted by atomic mass is 10.2. The third-order valence-corrected chi connectivity index (χ3v) is 4.11. The van der Waals surface area contributed by atoms with Crippen molar-refractivity contribution in [3.05, 3.63) is 30.2 Å². The number of carbonyl (C=O) groups excluding carboxylic acids is 1. The van der Waals surface area contributed by atoms with Gasteiger partial charge in [-0.3, -0.25) is 4.79 Å². The van der Waals surface area contributed by atoms with E-state index in [1.807, 2.05) is 24.3 Å². The van der Waals surface area contributed by atoms with Gasteiger partial charge in [0.15, 0.2) is 11.5 Å². The Morgan fingerprint density at radius 3 is 2.86 bits per heavy atom. The number of nitrogens with zero attached hydrogens (tertiary/aromatic N) is 2. The summed E-state index contributed by atoms with van der Waals surface area (Å²) >= 11 is 1.24. The van der Waals surface area contributed by atoms with Gasteiger partial charge in [0.1, 0.15) is 12.4 Å². The number of hydrogen-bond acceptors (Lipinski definition) is 7. The van der Waals surface area contributed by atoms with E-state index in [0.717, 1.165) is 0 Å². The minimum absolute atomic E-state index is 0.0610. The number of thioether (sulfide) groups is 1. The molecule has 0 bridgehead atoms. The minimum atomic E-state index is -0.436. The van der Waals surface area contributed by atoms with Crippen molar-refractivity contribution >= 4 is 17.5 Å². The molecule has 0 radical (unpaired) electrons. The van der Waals surface area contributed by atoms with Crippen molar-refractivity contribution in [1.82, 2.24) is 10.2 Å². The van der Waals surface area contributed by atoms with Crippen LogP contribution in [0.25, 0.3) is 0 Å². The van der Waals surface area contributed by atoms with Crippen LogP contribution in [0.3, 0.4) is 0 Å². The fourth-order valence-electron chi connectivity index (χ4n) is 1.77. The summed E-state index contributed by atoms with van der Waals surface area (Å²) in [6, 6.07) is 7.42. The van der Waals surface area contributed by atoms with Gasteiger partial charge in [-0.1, -0.05) is 23.9 Å². The third kappa shape index (κ3) is 3.02. The molecule has 3 rings (SSSR count). The van der Waals surface area contributed by atoms with Crippen molar-refractivity contribution in [2.24, 2.45) is 0 Å². The van der Waals surface area contributed by atoms with E-state index in [1.54, 1.807) is 6.92 Å². The van der Waals surface area contributed by atoms with Crippen LogP contribution < -0.4 is 9.47 Å². The van der Waals surface area contributed by atoms with Crippen molar-refractivity contribution < 1.29 is 18.7 Å². The molecule has 0 saturated carbocycles. The first kappa shape index (κ1) is 13.9. The average molecular weight is 306 g/mol. The second-order valence-electron chi connectivity index (χ2n) is 4.64. The topological polar surface area (TPSA) is 74.5 Å². The predicted molar refractivity (Wildman–Crippen MR) is 75.6 cm³/mol. The van der Waals surface area contributed by atoms with E-state index in [9.17, 15) is 4.79 Å². The van der Waals surface area contributed by atoms with Crippen LogP contribution in [0.5, 0.6) is 11.5 Å². The van der Waals surface area contributed by atoms with Gasteiger partial charge in [0.2, 0.25) is 6.10 Å². The number of para-hydroxylation sites is 2. The normalized spacial score (nSPS) is 18.3. The molecule has 0 fully saturated rings. The quantitative estimate of drug-likeness (QED) is 0.804. The minimum Gasteiger partial charge on any atom is -0.485 e. The lowest BCUT2D eigenvalue weighted by molar-refractivity contribution is -0.116. The number of ketones is 1. The lowest BCUT2D eigenvalue weighted by Gasteiger charge is -2.23. The highest BCUT2D eigenvalue weighted by Gasteiger charge is 2.27. The van der Waals surface area contributed by atoms with E-state index in [0.29, 0.717) is 29.2 Å². The third-order valence-electron chi connectivity index (χ3n) is 3.06. The first-order valence-electron chi connectivity index (χ1n) is 6.52. The average Bonchev–Trinajstić information content (AvgIpc) is 2.95. The summed E-state index contributed by atoms with van der Waals surface area (Å²) in [5, 5.41) is 8.04. The van der Waals surface area contributed by atoms with Crippen molar-refractivity contribution in [3.63, 3.8) is 0 Å². The van der Waals surface area contributed by atoms with E-state index in [-0.39, 0.29) is 11.0 Å². The van der Waals surface area contributed by atoms with Gasteiger partial charge in [0.25, 0.3) is 11.1 Å². The smallest absolute Gasteiger partial charge is 0.277 e. The Labute approximate surface area is 125 Å². The molecule has 1 aromatic heterocycles. The molecule has 110 valence electrons. The van der Waals surface area contributed by atoms with E-state index < -0.39 is 6.10 Å². The molecule has 1 aromatic carbocycles. The summed E-state index contributed by atoms with van der Waals surface area (Å²) in [4.78, 5) is 11.2. The summed E-state index contributed by atoms with van der Waals surface area (Å²) in [5.74, 6) is 1.76. The number of Topliss-reactive ketones (excluding diaryl/α,β-unsaturated/α-hetero) is 1. The molecule has 7 heteroatoms. The highest BCUT2D eigenvalue weighted by Crippen LogP contribution is 2.36. The number of ether oxygens (including phenoxy) is 2. The summed E-state index contributed by atoms with van der Waals surface area (Å²) < 4.78 is 16.9. The Balaban J connectivity index is 1.71. The lowest BCUT2D eigenvalue weighted by Crippen LogP contribution is -2.21. The highest BCUT2D eigenvalue weighted by atomic mass is 32.2. The van der Waals surface area contributed by atoms with Gasteiger partial charge in [-0.05, 0) is 26.0 Å². The second kappa shape index (κ2) is 5.77. The molecule has 2 atom stereocenters. The van der Waals surface area contributed by atoms with Crippen LogP contribution in [0.2, 0.25) is 0 Å². The Hall–Kier alpha value is -2.02. The number of rotatable bonds is 4. The van der Waals surface area contributed by atoms with E-state index in [1.165, 1.54) is 18.7 Å². The summed E-state index contributed by atoms with van der Waals surface area (Å²) in [7, 11) is 0. The van der Waals surface area contributed by atoms with Crippen LogP contribution in [-0.4, -0.2) is 27.8 Å². The molecule has 6 nitrogen and oxygen atoms in total. The molecule has 0 spiro atoms. The molecule has 2 heterocycles. The summed E-state index contributed by atoms with van der Waals surface area (Å²) in [6.45, 7) is 3.64. The molecule has 2 unspecified atom stereocenters. The monoisotopic (exact) mass is 306 g/mol. The van der Waals surface area contributed by atoms with Crippen molar-refractivity contribution in [2.45, 2.75) is 30.4 Å². The summed E-state index contributed by atoms with van der Waals surface area (Å²) in [5.41, 5.74) is 0. The maximum Gasteiger partial charge on any atom is 0.277 e. The fourth-order valence-corrected chi connectivity index (χ4v) is 2.46. The Morgan fingerprint density at radius 2 is 2.10 bits per heavy atom. The maximum atomic E-state index is 11.2. The van der Waals surface area contributed by atoms with Crippen LogP contribution in [-0.2, 0) is 4.79 Å². The predicted octanol–water partition coefficient (Wildman–Crippen LogP) is 2.65. The molecule has 1 aliphatic rings. The first-order valence-corrected chi connectivity index (χ1v) is 7.40. The number of carbonyl (C=O) groups is 1. The SMILES string of the molecule is CC(=O)C(C)Sc1nnc(C2COc3ccccc3O2)o1. The number of benzene rings is 1. The number of fused-ring (bicyclic) bond motifs is 1. The van der Waals surface area contributed by atoms with Gasteiger partial charge < -0.3 is 13.9 Å². The molecular formula is C14H14N2O4S. The summed E-state index contributed by atoms with van der Waals surface area (Å²) in [6.07, 6.45) is -0.436. The van der Waals surface area contributed by atoms with Crippen LogP contribution in [0.4, 0.5) is 0 Å². The largest absolute Gasteiger partial charge is 0.485 e. The Morgan fingerprint density at radius 1 is 1.33 bits per heavy atom. The van der Waals surface area contributed by atoms with Gasteiger partial charge in [-0.25, -0.2) is 0 Å². The molecule has 0 saturated heterocycles. The van der Waals surface area contributed by atoms with Gasteiger partial charge in [-0.15, -0.1) is 10.2 Å². The zero-order valence-electron chi connectivity index (χ0n) is 11.6. The van der Waals surface area contributed by atoms with Crippen LogP contribution in [0, 0.1) is 0 Å². The van der Waals surface area contributed by atoms with E-state index >= 15 is 0 Å². The Kier molecular flexibility index (Phi) is 3.83. The highest BCUT2D eigenvalue weighted by molar-refractivity contribution is 8.00. The molecule has 0 amide bonds. The maximum absolute atomic E-state index is 11.2. The van der Waals surface area contributed by atoms with Crippen molar-refractivity contribution in [2.75, 3.05) is 6.61 Å². The van der Waals surface area contributed by atoms with Gasteiger partial charge in [0.05, 0.1) is 5.25 Å². The molecular weight excluding hydrogens is 292 g/mol. The standard InChI is InChI=1S/C14H14N2O4S/c1-8(17)9(2)21-14-16-15-13(20-14)12-7-18-10-5-3-4-6-11(10)19-12/h3-6,9,12H,7H2,1-2H3. The Bertz CT molecular complexity index is 658. The molecule has 2 aromatic rings. The number of aromatic nitrogens is 2. The first-order chi connectivity index (χ1) is 10.1. The number of hydrogen-bond donors (Lipinski definition) is 0. The zero-order chi connectivity index (χ0) is 14.8. The zero-order valence-corrected chi connectivity index (χ0v) is 12.4. The second-order valence-corrected chi connectivity index (χ2v) is 5.93. The molecule has 21 heavy (non-hydrogen) atoms. The fraction of sp³-hybridized carbons (Fsp3) is 0.357. The molecule has 0 aliphatic carbocycles. The van der Waals surface area contributed by atoms with Gasteiger partial charge >= 0.3 is 0 Å². The van der Waals surface area contributed by atoms with Crippen LogP contribution in [0.15, 0.2) is 33.9 Å². The van der Waals surface area contributed by atoms with Crippen LogP contribution >= 0.6 is 11.8 Å². The van der Waals surface area contributed by atoms with Crippen molar-refractivity contribution in [3.8, 4) is 11.5 Å². The molecule has 0 N–H and O–H groups in total. The van der Waals surface area contributed by atoms with Crippen LogP contribution in [0.1, 0.15) is 25.8 Å². The molecule has 1 aliphatic heterocycles. The van der Waals surface area contributed by atoms with Crippen molar-refractivity contribution in [1.29, 1.82) is 0 Å². The van der Waals surface area contributed by atoms with E-state index in [4.69, 9.17) is 13.9 Å². The van der Waals surface area contributed by atoms with Gasteiger partial charge in [-0.2, -0.15) is 0 Å². The van der Waals surface area contributed by atoms with E-state index in [2.05, 4.69) is 10.2 Å². The van der Waals surface area contributed by atoms with Gasteiger partial charge in [0, 0.05) is 0 Å².